The first-order valence-corrected chi connectivity index (χ1v) is 8.84. The van der Waals surface area contributed by atoms with Crippen molar-refractivity contribution in [2.24, 2.45) is 5.92 Å². The maximum Gasteiger partial charge on any atom is 0.215 e. The molecule has 114 valence electrons. The molecule has 0 amide bonds. The zero-order chi connectivity index (χ0) is 15.0. The van der Waals surface area contributed by atoms with Gasteiger partial charge in [0.25, 0.3) is 0 Å². The van der Waals surface area contributed by atoms with Crippen molar-refractivity contribution in [3.63, 3.8) is 0 Å². The second-order valence-corrected chi connectivity index (χ2v) is 7.24. The average molecular weight is 298 g/mol. The van der Waals surface area contributed by atoms with E-state index in [1.54, 1.807) is 0 Å². The van der Waals surface area contributed by atoms with E-state index in [2.05, 4.69) is 30.8 Å². The lowest BCUT2D eigenvalue weighted by Crippen LogP contribution is -2.26. The predicted octanol–water partition coefficient (Wildman–Crippen LogP) is 2.26. The van der Waals surface area contributed by atoms with Gasteiger partial charge >= 0.3 is 0 Å². The first-order valence-electron chi connectivity index (χ1n) is 7.19. The molecule has 2 N–H and O–H groups in total. The molecule has 0 bridgehead atoms. The van der Waals surface area contributed by atoms with Crippen LogP contribution >= 0.6 is 0 Å². The van der Waals surface area contributed by atoms with Crippen LogP contribution in [0, 0.1) is 5.92 Å². The fourth-order valence-electron chi connectivity index (χ4n) is 1.80. The van der Waals surface area contributed by atoms with Crippen molar-refractivity contribution in [3.8, 4) is 0 Å². The van der Waals surface area contributed by atoms with Gasteiger partial charge in [-0.3, -0.25) is 0 Å². The van der Waals surface area contributed by atoms with Crippen LogP contribution in [0.2, 0.25) is 0 Å². The highest BCUT2D eigenvalue weighted by molar-refractivity contribution is 7.88. The lowest BCUT2D eigenvalue weighted by molar-refractivity contribution is 0.551. The van der Waals surface area contributed by atoms with Crippen LogP contribution in [0.4, 0.5) is 0 Å². The summed E-state index contributed by atoms with van der Waals surface area (Å²) in [6.07, 6.45) is 0.862. The molecule has 1 rings (SSSR count). The average Bonchev–Trinajstić information content (AvgIpc) is 2.37. The van der Waals surface area contributed by atoms with Gasteiger partial charge in [0.05, 0.1) is 5.75 Å². The molecule has 0 aliphatic rings. The van der Waals surface area contributed by atoms with Crippen molar-refractivity contribution in [2.45, 2.75) is 39.5 Å². The number of rotatable bonds is 9. The molecule has 0 unspecified atom stereocenters. The molecule has 0 fully saturated rings. The Morgan fingerprint density at radius 3 is 2.25 bits per heavy atom. The Hall–Kier alpha value is -0.910. The molecule has 1 aromatic carbocycles. The molecule has 20 heavy (non-hydrogen) atoms. The molecule has 0 aliphatic carbocycles. The molecule has 0 aliphatic heterocycles. The minimum Gasteiger partial charge on any atom is -0.313 e. The van der Waals surface area contributed by atoms with Gasteiger partial charge in [0.15, 0.2) is 0 Å². The molecule has 0 radical (unpaired) electrons. The van der Waals surface area contributed by atoms with Crippen LogP contribution in [-0.2, 0) is 22.3 Å². The highest BCUT2D eigenvalue weighted by Gasteiger charge is 2.11. The molecular formula is C15H26N2O2S. The number of sulfonamides is 1. The predicted molar refractivity (Wildman–Crippen MR) is 83.9 cm³/mol. The number of hydrogen-bond donors (Lipinski definition) is 2. The number of benzene rings is 1. The monoisotopic (exact) mass is 298 g/mol. The smallest absolute Gasteiger partial charge is 0.215 e. The molecule has 0 heterocycles. The summed E-state index contributed by atoms with van der Waals surface area (Å²) in [4.78, 5) is 0. The van der Waals surface area contributed by atoms with Crippen molar-refractivity contribution in [1.82, 2.24) is 10.0 Å². The quantitative estimate of drug-likeness (QED) is 0.735. The van der Waals surface area contributed by atoms with E-state index < -0.39 is 10.0 Å². The third-order valence-corrected chi connectivity index (χ3v) is 4.36. The Kier molecular flexibility index (Phi) is 7.19. The van der Waals surface area contributed by atoms with Crippen LogP contribution in [0.3, 0.4) is 0 Å². The van der Waals surface area contributed by atoms with Gasteiger partial charge in [-0.15, -0.1) is 0 Å². The maximum absolute atomic E-state index is 11.9. The van der Waals surface area contributed by atoms with Crippen LogP contribution < -0.4 is 10.0 Å². The summed E-state index contributed by atoms with van der Waals surface area (Å²) < 4.78 is 26.5. The van der Waals surface area contributed by atoms with Crippen molar-refractivity contribution >= 4 is 10.0 Å². The van der Waals surface area contributed by atoms with Crippen LogP contribution in [0.15, 0.2) is 24.3 Å². The summed E-state index contributed by atoms with van der Waals surface area (Å²) in [6.45, 7) is 8.48. The van der Waals surface area contributed by atoms with E-state index in [1.165, 1.54) is 5.56 Å². The molecule has 1 aromatic rings. The minimum atomic E-state index is -3.23. The van der Waals surface area contributed by atoms with Gasteiger partial charge in [0.1, 0.15) is 0 Å². The highest BCUT2D eigenvalue weighted by Crippen LogP contribution is 2.08. The zero-order valence-corrected chi connectivity index (χ0v) is 13.5. The highest BCUT2D eigenvalue weighted by atomic mass is 32.2. The van der Waals surface area contributed by atoms with Crippen molar-refractivity contribution in [3.05, 3.63) is 35.4 Å². The normalized spacial score (nSPS) is 12.0. The summed E-state index contributed by atoms with van der Waals surface area (Å²) in [6, 6.07) is 7.71. The van der Waals surface area contributed by atoms with E-state index in [1.807, 2.05) is 24.3 Å². The Labute approximate surface area is 123 Å². The van der Waals surface area contributed by atoms with Crippen LogP contribution in [0.25, 0.3) is 0 Å². The minimum absolute atomic E-state index is 0.0482. The molecular weight excluding hydrogens is 272 g/mol. The van der Waals surface area contributed by atoms with Gasteiger partial charge in [-0.1, -0.05) is 45.0 Å². The molecule has 4 nitrogen and oxygen atoms in total. The molecule has 0 saturated heterocycles. The summed E-state index contributed by atoms with van der Waals surface area (Å²) >= 11 is 0. The number of nitrogens with one attached hydrogen (secondary N) is 2. The van der Waals surface area contributed by atoms with E-state index in [0.717, 1.165) is 25.1 Å². The topological polar surface area (TPSA) is 58.2 Å². The SMILES string of the molecule is CCNCc1ccc(CS(=O)(=O)NCCC(C)C)cc1. The van der Waals surface area contributed by atoms with E-state index >= 15 is 0 Å². The molecule has 0 spiro atoms. The second-order valence-electron chi connectivity index (χ2n) is 5.43. The number of hydrogen-bond acceptors (Lipinski definition) is 3. The largest absolute Gasteiger partial charge is 0.313 e. The van der Waals surface area contributed by atoms with Crippen LogP contribution in [0.5, 0.6) is 0 Å². The van der Waals surface area contributed by atoms with E-state index in [4.69, 9.17) is 0 Å². The van der Waals surface area contributed by atoms with Gasteiger partial charge in [-0.05, 0) is 30.0 Å². The van der Waals surface area contributed by atoms with E-state index in [9.17, 15) is 8.42 Å². The second kappa shape index (κ2) is 8.39. The fraction of sp³-hybridized carbons (Fsp3) is 0.600. The summed E-state index contributed by atoms with van der Waals surface area (Å²) in [5, 5.41) is 3.24. The van der Waals surface area contributed by atoms with Crippen LogP contribution in [0.1, 0.15) is 38.3 Å². The molecule has 0 saturated carbocycles. The summed E-state index contributed by atoms with van der Waals surface area (Å²) in [5.74, 6) is 0.551. The Balaban J connectivity index is 2.50. The molecule has 5 heteroatoms. The molecule has 0 atom stereocenters. The van der Waals surface area contributed by atoms with E-state index in [0.29, 0.717) is 12.5 Å². The van der Waals surface area contributed by atoms with Crippen LogP contribution in [-0.4, -0.2) is 21.5 Å². The summed E-state index contributed by atoms with van der Waals surface area (Å²) in [5.41, 5.74) is 1.99. The molecule has 0 aromatic heterocycles. The fourth-order valence-corrected chi connectivity index (χ4v) is 2.96. The first-order chi connectivity index (χ1) is 9.43. The first kappa shape index (κ1) is 17.1. The van der Waals surface area contributed by atoms with E-state index in [-0.39, 0.29) is 5.75 Å². The van der Waals surface area contributed by atoms with Gasteiger partial charge in [0, 0.05) is 13.1 Å². The van der Waals surface area contributed by atoms with Crippen molar-refractivity contribution in [2.75, 3.05) is 13.1 Å². The third kappa shape index (κ3) is 7.03. The van der Waals surface area contributed by atoms with Crippen molar-refractivity contribution in [1.29, 1.82) is 0 Å². The standard InChI is InChI=1S/C15H26N2O2S/c1-4-16-11-14-5-7-15(8-6-14)12-20(18,19)17-10-9-13(2)3/h5-8,13,16-17H,4,9-12H2,1-3H3. The van der Waals surface area contributed by atoms with Gasteiger partial charge in [-0.2, -0.15) is 0 Å². The van der Waals surface area contributed by atoms with Gasteiger partial charge in [-0.25, -0.2) is 13.1 Å². The Morgan fingerprint density at radius 1 is 1.10 bits per heavy atom. The zero-order valence-electron chi connectivity index (χ0n) is 12.6. The third-order valence-electron chi connectivity index (χ3n) is 3.00. The Morgan fingerprint density at radius 2 is 1.70 bits per heavy atom. The maximum atomic E-state index is 11.9. The lowest BCUT2D eigenvalue weighted by Gasteiger charge is -2.09. The Bertz CT molecular complexity index is 481. The van der Waals surface area contributed by atoms with Crippen molar-refractivity contribution < 1.29 is 8.42 Å². The lowest BCUT2D eigenvalue weighted by atomic mass is 10.1. The van der Waals surface area contributed by atoms with Gasteiger partial charge in [0.2, 0.25) is 10.0 Å². The van der Waals surface area contributed by atoms with Gasteiger partial charge < -0.3 is 5.32 Å². The summed E-state index contributed by atoms with van der Waals surface area (Å²) in [7, 11) is -3.23.